The van der Waals surface area contributed by atoms with E-state index in [1.807, 2.05) is 62.8 Å². The highest BCUT2D eigenvalue weighted by Gasteiger charge is 2.20. The molecule has 0 saturated heterocycles. The van der Waals surface area contributed by atoms with Crippen LogP contribution in [-0.4, -0.2) is 34.0 Å². The molecule has 1 amide bonds. The van der Waals surface area contributed by atoms with Crippen molar-refractivity contribution in [2.45, 2.75) is 38.8 Å². The summed E-state index contributed by atoms with van der Waals surface area (Å²) >= 11 is 0. The maximum absolute atomic E-state index is 11.8. The second kappa shape index (κ2) is 6.40. The van der Waals surface area contributed by atoms with Crippen molar-refractivity contribution >= 4 is 17.0 Å². The first-order valence-electron chi connectivity index (χ1n) is 7.43. The Labute approximate surface area is 130 Å². The number of para-hydroxylation sites is 1. The minimum absolute atomic E-state index is 0.136. The highest BCUT2D eigenvalue weighted by molar-refractivity contribution is 5.84. The van der Waals surface area contributed by atoms with Gasteiger partial charge in [0, 0.05) is 24.1 Å². The van der Waals surface area contributed by atoms with Gasteiger partial charge >= 0.3 is 6.09 Å². The van der Waals surface area contributed by atoms with Crippen molar-refractivity contribution in [3.05, 3.63) is 36.0 Å². The Morgan fingerprint density at radius 2 is 2.05 bits per heavy atom. The maximum atomic E-state index is 11.8. The number of carbonyl (C=O) groups is 1. The second-order valence-corrected chi connectivity index (χ2v) is 6.51. The monoisotopic (exact) mass is 304 g/mol. The summed E-state index contributed by atoms with van der Waals surface area (Å²) in [7, 11) is 1.99. The molecule has 2 rings (SSSR count). The largest absolute Gasteiger partial charge is 0.444 e. The summed E-state index contributed by atoms with van der Waals surface area (Å²) in [6.45, 7) is 5.30. The van der Waals surface area contributed by atoms with E-state index >= 15 is 0 Å². The van der Waals surface area contributed by atoms with Gasteiger partial charge in [-0.15, -0.1) is 0 Å². The van der Waals surface area contributed by atoms with Crippen LogP contribution in [0.1, 0.15) is 26.3 Å². The normalized spacial score (nSPS) is 13.1. The third-order valence-corrected chi connectivity index (χ3v) is 3.39. The predicted molar refractivity (Wildman–Crippen MR) is 86.9 cm³/mol. The molecule has 0 saturated carbocycles. The molecule has 1 atom stereocenters. The molecular formula is C17H24N2O3. The van der Waals surface area contributed by atoms with Crippen LogP contribution in [0.3, 0.4) is 0 Å². The summed E-state index contributed by atoms with van der Waals surface area (Å²) in [6.07, 6.45) is 2.08. The van der Waals surface area contributed by atoms with Gasteiger partial charge < -0.3 is 19.7 Å². The van der Waals surface area contributed by atoms with Gasteiger partial charge in [0.1, 0.15) is 5.60 Å². The van der Waals surface area contributed by atoms with Crippen molar-refractivity contribution in [3.8, 4) is 0 Å². The molecule has 0 radical (unpaired) electrons. The second-order valence-electron chi connectivity index (χ2n) is 6.51. The van der Waals surface area contributed by atoms with Gasteiger partial charge in [0.25, 0.3) is 0 Å². The molecule has 0 aliphatic carbocycles. The number of nitrogens with one attached hydrogen (secondary N) is 1. The molecule has 5 nitrogen and oxygen atoms in total. The molecule has 0 unspecified atom stereocenters. The fourth-order valence-electron chi connectivity index (χ4n) is 2.49. The zero-order valence-corrected chi connectivity index (χ0v) is 13.6. The summed E-state index contributed by atoms with van der Waals surface area (Å²) in [6, 6.07) is 7.71. The maximum Gasteiger partial charge on any atom is 0.407 e. The molecule has 0 aliphatic heterocycles. The number of aliphatic hydroxyl groups is 1. The van der Waals surface area contributed by atoms with Crippen LogP contribution in [-0.2, 0) is 18.2 Å². The Morgan fingerprint density at radius 3 is 2.68 bits per heavy atom. The van der Waals surface area contributed by atoms with Crippen LogP contribution in [0.15, 0.2) is 30.5 Å². The molecule has 0 bridgehead atoms. The van der Waals surface area contributed by atoms with Crippen LogP contribution < -0.4 is 5.32 Å². The van der Waals surface area contributed by atoms with Gasteiger partial charge in [0.2, 0.25) is 0 Å². The number of hydrogen-bond acceptors (Lipinski definition) is 3. The lowest BCUT2D eigenvalue weighted by atomic mass is 10.1. The number of aliphatic hydroxyl groups excluding tert-OH is 1. The Kier molecular flexibility index (Phi) is 4.76. The molecule has 2 aromatic rings. The van der Waals surface area contributed by atoms with Crippen molar-refractivity contribution in [1.82, 2.24) is 9.88 Å². The van der Waals surface area contributed by atoms with Crippen LogP contribution in [0.5, 0.6) is 0 Å². The number of ether oxygens (including phenoxy) is 1. The number of hydrogen-bond donors (Lipinski definition) is 2. The van der Waals surface area contributed by atoms with Crippen molar-refractivity contribution in [1.29, 1.82) is 0 Å². The van der Waals surface area contributed by atoms with Crippen molar-refractivity contribution in [3.63, 3.8) is 0 Å². The van der Waals surface area contributed by atoms with E-state index in [2.05, 4.69) is 5.32 Å². The Bertz CT molecular complexity index is 655. The average Bonchev–Trinajstić information content (AvgIpc) is 2.73. The number of benzene rings is 1. The summed E-state index contributed by atoms with van der Waals surface area (Å²) in [5.41, 5.74) is 1.67. The van der Waals surface area contributed by atoms with Gasteiger partial charge in [-0.1, -0.05) is 18.2 Å². The smallest absolute Gasteiger partial charge is 0.407 e. The first-order chi connectivity index (χ1) is 10.3. The standard InChI is InChI=1S/C17H24N2O3/c1-17(2,3)22-16(21)18-13(11-20)9-12-10-19(4)15-8-6-5-7-14(12)15/h5-8,10,13,20H,9,11H2,1-4H3,(H,18,21)/t13-/m0/s1. The summed E-state index contributed by atoms with van der Waals surface area (Å²) < 4.78 is 7.28. The number of aryl methyl sites for hydroxylation is 1. The molecule has 1 aromatic carbocycles. The quantitative estimate of drug-likeness (QED) is 0.912. The number of aromatic nitrogens is 1. The van der Waals surface area contributed by atoms with Crippen LogP contribution in [0.2, 0.25) is 0 Å². The fourth-order valence-corrected chi connectivity index (χ4v) is 2.49. The third-order valence-electron chi connectivity index (χ3n) is 3.39. The van der Waals surface area contributed by atoms with Gasteiger partial charge in [0.15, 0.2) is 0 Å². The van der Waals surface area contributed by atoms with Gasteiger partial charge in [-0.05, 0) is 38.8 Å². The van der Waals surface area contributed by atoms with Gasteiger partial charge in [0.05, 0.1) is 12.6 Å². The summed E-state index contributed by atoms with van der Waals surface area (Å²) in [5, 5.41) is 13.4. The van der Waals surface area contributed by atoms with E-state index < -0.39 is 11.7 Å². The van der Waals surface area contributed by atoms with E-state index in [1.54, 1.807) is 0 Å². The number of alkyl carbamates (subject to hydrolysis) is 1. The molecule has 1 heterocycles. The zero-order chi connectivity index (χ0) is 16.3. The number of amides is 1. The third kappa shape index (κ3) is 4.01. The fraction of sp³-hybridized carbons (Fsp3) is 0.471. The molecular weight excluding hydrogens is 280 g/mol. The molecule has 1 aromatic heterocycles. The van der Waals surface area contributed by atoms with E-state index in [4.69, 9.17) is 4.74 Å². The molecule has 0 spiro atoms. The van der Waals surface area contributed by atoms with Gasteiger partial charge in [-0.3, -0.25) is 0 Å². The number of nitrogens with zero attached hydrogens (tertiary/aromatic N) is 1. The zero-order valence-electron chi connectivity index (χ0n) is 13.6. The number of rotatable bonds is 4. The Balaban J connectivity index is 2.11. The van der Waals surface area contributed by atoms with E-state index in [-0.39, 0.29) is 12.6 Å². The van der Waals surface area contributed by atoms with Crippen molar-refractivity contribution in [2.24, 2.45) is 7.05 Å². The highest BCUT2D eigenvalue weighted by Crippen LogP contribution is 2.21. The lowest BCUT2D eigenvalue weighted by molar-refractivity contribution is 0.0483. The number of carbonyl (C=O) groups excluding carboxylic acids is 1. The molecule has 0 aliphatic rings. The highest BCUT2D eigenvalue weighted by atomic mass is 16.6. The molecule has 22 heavy (non-hydrogen) atoms. The minimum atomic E-state index is -0.552. The topological polar surface area (TPSA) is 63.5 Å². The van der Waals surface area contributed by atoms with Crippen LogP contribution in [0, 0.1) is 0 Å². The number of fused-ring (bicyclic) bond motifs is 1. The summed E-state index contributed by atoms with van der Waals surface area (Å²) in [5.74, 6) is 0. The molecule has 2 N–H and O–H groups in total. The summed E-state index contributed by atoms with van der Waals surface area (Å²) in [4.78, 5) is 11.8. The van der Waals surface area contributed by atoms with Gasteiger partial charge in [-0.2, -0.15) is 0 Å². The van der Waals surface area contributed by atoms with Crippen LogP contribution in [0.25, 0.3) is 10.9 Å². The van der Waals surface area contributed by atoms with Crippen LogP contribution >= 0.6 is 0 Å². The lowest BCUT2D eigenvalue weighted by Crippen LogP contribution is -2.42. The van der Waals surface area contributed by atoms with E-state index in [0.29, 0.717) is 6.42 Å². The van der Waals surface area contributed by atoms with Crippen molar-refractivity contribution in [2.75, 3.05) is 6.61 Å². The van der Waals surface area contributed by atoms with Crippen molar-refractivity contribution < 1.29 is 14.6 Å². The Morgan fingerprint density at radius 1 is 1.36 bits per heavy atom. The first-order valence-corrected chi connectivity index (χ1v) is 7.43. The molecule has 5 heteroatoms. The van der Waals surface area contributed by atoms with E-state index in [0.717, 1.165) is 16.5 Å². The van der Waals surface area contributed by atoms with E-state index in [9.17, 15) is 9.90 Å². The lowest BCUT2D eigenvalue weighted by Gasteiger charge is -2.22. The predicted octanol–water partition coefficient (Wildman–Crippen LogP) is 2.61. The SMILES string of the molecule is Cn1cc(C[C@@H](CO)NC(=O)OC(C)(C)C)c2ccccc21. The minimum Gasteiger partial charge on any atom is -0.444 e. The molecule has 120 valence electrons. The Hall–Kier alpha value is -2.01. The van der Waals surface area contributed by atoms with Gasteiger partial charge in [-0.25, -0.2) is 4.79 Å². The first kappa shape index (κ1) is 16.4. The van der Waals surface area contributed by atoms with E-state index in [1.165, 1.54) is 0 Å². The molecule has 0 fully saturated rings. The van der Waals surface area contributed by atoms with Crippen LogP contribution in [0.4, 0.5) is 4.79 Å². The average molecular weight is 304 g/mol.